The fourth-order valence-electron chi connectivity index (χ4n) is 2.94. The Morgan fingerprint density at radius 1 is 1.05 bits per heavy atom. The molecule has 2 heterocycles. The molecule has 4 nitrogen and oxygen atoms in total. The van der Waals surface area contributed by atoms with Gasteiger partial charge in [-0.3, -0.25) is 4.68 Å². The second-order valence-corrected chi connectivity index (χ2v) is 5.84. The predicted molar refractivity (Wildman–Crippen MR) is 88.9 cm³/mol. The average molecular weight is 290 g/mol. The Morgan fingerprint density at radius 2 is 1.95 bits per heavy atom. The second kappa shape index (κ2) is 4.98. The van der Waals surface area contributed by atoms with E-state index in [1.54, 1.807) is 0 Å². The molecular formula is C18H18N4. The van der Waals surface area contributed by atoms with Gasteiger partial charge in [0.15, 0.2) is 0 Å². The van der Waals surface area contributed by atoms with E-state index in [2.05, 4.69) is 58.0 Å². The molecule has 0 radical (unpaired) electrons. The second-order valence-electron chi connectivity index (χ2n) is 5.84. The maximum absolute atomic E-state index is 4.48. The minimum atomic E-state index is 0.934. The average Bonchev–Trinajstić information content (AvgIpc) is 3.09. The van der Waals surface area contributed by atoms with Gasteiger partial charge in [0.25, 0.3) is 0 Å². The molecule has 0 fully saturated rings. The molecule has 2 aromatic carbocycles. The molecule has 0 bridgehead atoms. The maximum Gasteiger partial charge on any atom is 0.0958 e. The zero-order valence-corrected chi connectivity index (χ0v) is 12.8. The van der Waals surface area contributed by atoms with Crippen LogP contribution in [-0.4, -0.2) is 19.3 Å². The third kappa shape index (κ3) is 2.17. The van der Waals surface area contributed by atoms with Crippen molar-refractivity contribution in [2.75, 3.05) is 0 Å². The van der Waals surface area contributed by atoms with E-state index in [1.807, 2.05) is 24.3 Å². The van der Waals surface area contributed by atoms with E-state index in [9.17, 15) is 0 Å². The molecule has 0 atom stereocenters. The topological polar surface area (TPSA) is 35.6 Å². The number of benzene rings is 2. The van der Waals surface area contributed by atoms with Gasteiger partial charge in [-0.2, -0.15) is 5.10 Å². The van der Waals surface area contributed by atoms with Gasteiger partial charge in [0.1, 0.15) is 0 Å². The summed E-state index contributed by atoms with van der Waals surface area (Å²) in [4.78, 5) is 4.48. The Hall–Kier alpha value is -2.62. The van der Waals surface area contributed by atoms with Crippen LogP contribution in [0.15, 0.2) is 48.9 Å². The Bertz CT molecular complexity index is 962. The van der Waals surface area contributed by atoms with E-state index in [-0.39, 0.29) is 0 Å². The van der Waals surface area contributed by atoms with Crippen LogP contribution in [0.3, 0.4) is 0 Å². The molecule has 22 heavy (non-hydrogen) atoms. The van der Waals surface area contributed by atoms with E-state index in [0.29, 0.717) is 0 Å². The molecule has 0 aliphatic heterocycles. The lowest BCUT2D eigenvalue weighted by molar-refractivity contribution is 0.715. The maximum atomic E-state index is 4.48. The first-order valence-electron chi connectivity index (χ1n) is 7.53. The molecule has 0 unspecified atom stereocenters. The van der Waals surface area contributed by atoms with Crippen molar-refractivity contribution in [3.63, 3.8) is 0 Å². The number of hydrogen-bond donors (Lipinski definition) is 0. The lowest BCUT2D eigenvalue weighted by Crippen LogP contribution is -2.00. The molecule has 2 aromatic heterocycles. The molecule has 0 N–H and O–H groups in total. The zero-order chi connectivity index (χ0) is 15.1. The molecule has 0 saturated carbocycles. The molecule has 4 heteroatoms. The lowest BCUT2D eigenvalue weighted by Gasteiger charge is -2.06. The minimum absolute atomic E-state index is 0.934. The molecule has 0 saturated heterocycles. The molecule has 4 aromatic rings. The largest absolute Gasteiger partial charge is 0.330 e. The normalized spacial score (nSPS) is 11.5. The molecule has 0 spiro atoms. The monoisotopic (exact) mass is 290 g/mol. The first-order valence-corrected chi connectivity index (χ1v) is 7.53. The Kier molecular flexibility index (Phi) is 2.96. The van der Waals surface area contributed by atoms with Crippen molar-refractivity contribution in [1.82, 2.24) is 19.3 Å². The van der Waals surface area contributed by atoms with Crippen LogP contribution in [0.5, 0.6) is 0 Å². The standard InChI is InChI=1S/C18H18N4/c1-13-3-6-16-18(9-13)22(12-19-16)8-7-14-4-5-15-11-20-21(2)17(15)10-14/h3-6,9-12H,7-8H2,1-2H3. The summed E-state index contributed by atoms with van der Waals surface area (Å²) in [6, 6.07) is 13.0. The Labute approximate surface area is 129 Å². The van der Waals surface area contributed by atoms with Gasteiger partial charge in [-0.15, -0.1) is 0 Å². The number of aryl methyl sites for hydroxylation is 4. The van der Waals surface area contributed by atoms with Crippen molar-refractivity contribution in [2.24, 2.45) is 7.05 Å². The van der Waals surface area contributed by atoms with Crippen molar-refractivity contribution in [2.45, 2.75) is 19.9 Å². The van der Waals surface area contributed by atoms with Crippen molar-refractivity contribution in [1.29, 1.82) is 0 Å². The van der Waals surface area contributed by atoms with Crippen LogP contribution in [0.2, 0.25) is 0 Å². The number of rotatable bonds is 3. The van der Waals surface area contributed by atoms with E-state index < -0.39 is 0 Å². The van der Waals surface area contributed by atoms with Crippen LogP contribution in [0.25, 0.3) is 21.9 Å². The minimum Gasteiger partial charge on any atom is -0.330 e. The molecule has 4 rings (SSSR count). The molecule has 0 aliphatic rings. The fourth-order valence-corrected chi connectivity index (χ4v) is 2.94. The summed E-state index contributed by atoms with van der Waals surface area (Å²) in [6.07, 6.45) is 4.83. The van der Waals surface area contributed by atoms with E-state index >= 15 is 0 Å². The van der Waals surface area contributed by atoms with Gasteiger partial charge in [0, 0.05) is 19.0 Å². The summed E-state index contributed by atoms with van der Waals surface area (Å²) in [6.45, 7) is 3.05. The third-order valence-corrected chi connectivity index (χ3v) is 4.23. The summed E-state index contributed by atoms with van der Waals surface area (Å²) in [5, 5.41) is 5.49. The van der Waals surface area contributed by atoms with Crippen molar-refractivity contribution in [3.05, 3.63) is 60.0 Å². The van der Waals surface area contributed by atoms with E-state index in [1.165, 1.54) is 27.5 Å². The highest BCUT2D eigenvalue weighted by molar-refractivity contribution is 5.79. The summed E-state index contributed by atoms with van der Waals surface area (Å²) < 4.78 is 4.16. The van der Waals surface area contributed by atoms with Crippen LogP contribution in [0.1, 0.15) is 11.1 Å². The van der Waals surface area contributed by atoms with E-state index in [4.69, 9.17) is 0 Å². The number of imidazole rings is 1. The van der Waals surface area contributed by atoms with Gasteiger partial charge < -0.3 is 4.57 Å². The van der Waals surface area contributed by atoms with Gasteiger partial charge in [-0.1, -0.05) is 18.2 Å². The Balaban J connectivity index is 1.62. The first kappa shape index (κ1) is 13.1. The smallest absolute Gasteiger partial charge is 0.0958 e. The van der Waals surface area contributed by atoms with Gasteiger partial charge in [-0.05, 0) is 42.7 Å². The SMILES string of the molecule is Cc1ccc2ncn(CCc3ccc4cnn(C)c4c3)c2c1. The predicted octanol–water partition coefficient (Wildman–Crippen LogP) is 3.47. The summed E-state index contributed by atoms with van der Waals surface area (Å²) in [5.41, 5.74) is 6.05. The summed E-state index contributed by atoms with van der Waals surface area (Å²) in [5.74, 6) is 0. The van der Waals surface area contributed by atoms with Gasteiger partial charge in [0.2, 0.25) is 0 Å². The van der Waals surface area contributed by atoms with Gasteiger partial charge in [-0.25, -0.2) is 4.98 Å². The highest BCUT2D eigenvalue weighted by Crippen LogP contribution is 2.18. The summed E-state index contributed by atoms with van der Waals surface area (Å²) in [7, 11) is 1.98. The van der Waals surface area contributed by atoms with Crippen molar-refractivity contribution in [3.8, 4) is 0 Å². The van der Waals surface area contributed by atoms with Crippen LogP contribution in [0.4, 0.5) is 0 Å². The van der Waals surface area contributed by atoms with Crippen LogP contribution in [0, 0.1) is 6.92 Å². The van der Waals surface area contributed by atoms with Crippen LogP contribution in [-0.2, 0) is 20.0 Å². The molecular weight excluding hydrogens is 272 g/mol. The number of fused-ring (bicyclic) bond motifs is 2. The lowest BCUT2D eigenvalue weighted by atomic mass is 10.1. The van der Waals surface area contributed by atoms with Gasteiger partial charge >= 0.3 is 0 Å². The highest BCUT2D eigenvalue weighted by atomic mass is 15.2. The van der Waals surface area contributed by atoms with Crippen molar-refractivity contribution >= 4 is 21.9 Å². The third-order valence-electron chi connectivity index (χ3n) is 4.23. The van der Waals surface area contributed by atoms with Crippen molar-refractivity contribution < 1.29 is 0 Å². The number of aromatic nitrogens is 4. The zero-order valence-electron chi connectivity index (χ0n) is 12.8. The quantitative estimate of drug-likeness (QED) is 0.579. The van der Waals surface area contributed by atoms with Crippen LogP contribution >= 0.6 is 0 Å². The molecule has 110 valence electrons. The number of nitrogens with zero attached hydrogens (tertiary/aromatic N) is 4. The van der Waals surface area contributed by atoms with Gasteiger partial charge in [0.05, 0.1) is 29.1 Å². The first-order chi connectivity index (χ1) is 10.7. The number of hydrogen-bond acceptors (Lipinski definition) is 2. The molecule has 0 aliphatic carbocycles. The fraction of sp³-hybridized carbons (Fsp3) is 0.222. The Morgan fingerprint density at radius 3 is 2.86 bits per heavy atom. The molecule has 0 amide bonds. The van der Waals surface area contributed by atoms with E-state index in [0.717, 1.165) is 18.5 Å². The summed E-state index contributed by atoms with van der Waals surface area (Å²) >= 11 is 0. The van der Waals surface area contributed by atoms with Crippen LogP contribution < -0.4 is 0 Å². The highest BCUT2D eigenvalue weighted by Gasteiger charge is 2.05.